The molecule has 1 heterocycles. The Morgan fingerprint density at radius 2 is 2.05 bits per heavy atom. The molecule has 5 heteroatoms. The van der Waals surface area contributed by atoms with Gasteiger partial charge in [0.1, 0.15) is 5.82 Å². The minimum Gasteiger partial charge on any atom is -0.310 e. The summed E-state index contributed by atoms with van der Waals surface area (Å²) in [6.45, 7) is 2.76. The van der Waals surface area contributed by atoms with Crippen LogP contribution < -0.4 is 5.32 Å². The van der Waals surface area contributed by atoms with E-state index in [9.17, 15) is 4.39 Å². The SMILES string of the molecule is CCNC(Cc1ccc(Cl)s1)c1cccc(Cl)c1F. The van der Waals surface area contributed by atoms with Crippen molar-refractivity contribution in [1.82, 2.24) is 5.32 Å². The van der Waals surface area contributed by atoms with Gasteiger partial charge in [0.2, 0.25) is 0 Å². The van der Waals surface area contributed by atoms with Crippen molar-refractivity contribution < 1.29 is 4.39 Å². The number of thiophene rings is 1. The molecule has 0 amide bonds. The van der Waals surface area contributed by atoms with Gasteiger partial charge in [0, 0.05) is 22.9 Å². The normalized spacial score (nSPS) is 12.6. The Morgan fingerprint density at radius 3 is 2.68 bits per heavy atom. The highest BCUT2D eigenvalue weighted by Crippen LogP contribution is 2.29. The lowest BCUT2D eigenvalue weighted by Gasteiger charge is -2.18. The first-order valence-corrected chi connectivity index (χ1v) is 7.60. The number of hydrogen-bond acceptors (Lipinski definition) is 2. The van der Waals surface area contributed by atoms with Crippen LogP contribution in [0.1, 0.15) is 23.4 Å². The molecule has 1 aromatic heterocycles. The molecule has 2 aromatic rings. The van der Waals surface area contributed by atoms with Gasteiger partial charge in [-0.25, -0.2) is 4.39 Å². The van der Waals surface area contributed by atoms with Crippen LogP contribution in [0.3, 0.4) is 0 Å². The number of halogens is 3. The highest BCUT2D eigenvalue weighted by atomic mass is 35.5. The lowest BCUT2D eigenvalue weighted by atomic mass is 10.0. The lowest BCUT2D eigenvalue weighted by Crippen LogP contribution is -2.23. The minimum atomic E-state index is -0.349. The molecule has 0 saturated carbocycles. The van der Waals surface area contributed by atoms with Crippen molar-refractivity contribution >= 4 is 34.5 Å². The van der Waals surface area contributed by atoms with Crippen molar-refractivity contribution in [1.29, 1.82) is 0 Å². The first-order valence-electron chi connectivity index (χ1n) is 6.03. The van der Waals surface area contributed by atoms with Crippen LogP contribution in [0.5, 0.6) is 0 Å². The largest absolute Gasteiger partial charge is 0.310 e. The summed E-state index contributed by atoms with van der Waals surface area (Å²) < 4.78 is 14.8. The highest BCUT2D eigenvalue weighted by molar-refractivity contribution is 7.16. The third-order valence-electron chi connectivity index (χ3n) is 2.84. The van der Waals surface area contributed by atoms with Crippen LogP contribution in [0.4, 0.5) is 4.39 Å². The summed E-state index contributed by atoms with van der Waals surface area (Å²) in [5.41, 5.74) is 0.596. The summed E-state index contributed by atoms with van der Waals surface area (Å²) in [7, 11) is 0. The summed E-state index contributed by atoms with van der Waals surface area (Å²) in [6, 6.07) is 8.83. The van der Waals surface area contributed by atoms with E-state index in [2.05, 4.69) is 5.32 Å². The van der Waals surface area contributed by atoms with Crippen molar-refractivity contribution in [3.05, 3.63) is 55.9 Å². The summed E-state index contributed by atoms with van der Waals surface area (Å²) in [5.74, 6) is -0.349. The summed E-state index contributed by atoms with van der Waals surface area (Å²) in [5, 5.41) is 3.45. The van der Waals surface area contributed by atoms with Crippen molar-refractivity contribution in [2.45, 2.75) is 19.4 Å². The molecular weight excluding hydrogens is 304 g/mol. The second kappa shape index (κ2) is 6.71. The molecule has 0 aliphatic carbocycles. The van der Waals surface area contributed by atoms with E-state index >= 15 is 0 Å². The maximum absolute atomic E-state index is 14.1. The van der Waals surface area contributed by atoms with E-state index in [0.29, 0.717) is 12.0 Å². The predicted molar refractivity (Wildman–Crippen MR) is 80.9 cm³/mol. The molecule has 1 unspecified atom stereocenters. The summed E-state index contributed by atoms with van der Waals surface area (Å²) in [6.07, 6.45) is 0.697. The molecule has 1 aromatic carbocycles. The van der Waals surface area contributed by atoms with E-state index in [1.807, 2.05) is 19.1 Å². The summed E-state index contributed by atoms with van der Waals surface area (Å²) >= 11 is 13.3. The average molecular weight is 318 g/mol. The molecular formula is C14H14Cl2FNS. The van der Waals surface area contributed by atoms with Gasteiger partial charge in [-0.3, -0.25) is 0 Å². The Morgan fingerprint density at radius 1 is 1.26 bits per heavy atom. The van der Waals surface area contributed by atoms with E-state index in [4.69, 9.17) is 23.2 Å². The van der Waals surface area contributed by atoms with Crippen LogP contribution in [-0.2, 0) is 6.42 Å². The van der Waals surface area contributed by atoms with E-state index < -0.39 is 0 Å². The van der Waals surface area contributed by atoms with Crippen molar-refractivity contribution in [2.75, 3.05) is 6.54 Å². The van der Waals surface area contributed by atoms with Gasteiger partial charge < -0.3 is 5.32 Å². The zero-order valence-corrected chi connectivity index (χ0v) is 12.7. The van der Waals surface area contributed by atoms with Gasteiger partial charge in [0.15, 0.2) is 0 Å². The second-order valence-corrected chi connectivity index (χ2v) is 6.37. The number of hydrogen-bond donors (Lipinski definition) is 1. The smallest absolute Gasteiger partial charge is 0.146 e. The molecule has 1 N–H and O–H groups in total. The molecule has 0 spiro atoms. The number of rotatable bonds is 5. The Balaban J connectivity index is 2.26. The number of likely N-dealkylation sites (N-methyl/N-ethyl adjacent to an activating group) is 1. The fourth-order valence-electron chi connectivity index (χ4n) is 1.99. The van der Waals surface area contributed by atoms with E-state index in [-0.39, 0.29) is 16.9 Å². The Bertz CT molecular complexity index is 556. The van der Waals surface area contributed by atoms with Gasteiger partial charge in [-0.1, -0.05) is 42.3 Å². The maximum Gasteiger partial charge on any atom is 0.146 e. The molecule has 2 rings (SSSR count). The van der Waals surface area contributed by atoms with Crippen LogP contribution in [-0.4, -0.2) is 6.54 Å². The monoisotopic (exact) mass is 317 g/mol. The first kappa shape index (κ1) is 14.8. The molecule has 0 saturated heterocycles. The Labute approximate surface area is 126 Å². The van der Waals surface area contributed by atoms with Gasteiger partial charge in [-0.2, -0.15) is 0 Å². The van der Waals surface area contributed by atoms with Gasteiger partial charge in [-0.05, 0) is 24.7 Å². The number of benzene rings is 1. The van der Waals surface area contributed by atoms with Gasteiger partial charge >= 0.3 is 0 Å². The van der Waals surface area contributed by atoms with Crippen LogP contribution in [0, 0.1) is 5.82 Å². The topological polar surface area (TPSA) is 12.0 Å². The fourth-order valence-corrected chi connectivity index (χ4v) is 3.31. The van der Waals surface area contributed by atoms with Gasteiger partial charge in [0.05, 0.1) is 9.36 Å². The Hall–Kier alpha value is -0.610. The molecule has 102 valence electrons. The average Bonchev–Trinajstić information content (AvgIpc) is 2.78. The maximum atomic E-state index is 14.1. The minimum absolute atomic E-state index is 0.0987. The molecule has 0 bridgehead atoms. The fraction of sp³-hybridized carbons (Fsp3) is 0.286. The molecule has 1 atom stereocenters. The summed E-state index contributed by atoms with van der Waals surface area (Å²) in [4.78, 5) is 1.12. The van der Waals surface area contributed by atoms with Crippen molar-refractivity contribution in [3.63, 3.8) is 0 Å². The van der Waals surface area contributed by atoms with Crippen LogP contribution in [0.15, 0.2) is 30.3 Å². The third kappa shape index (κ3) is 3.69. The molecule has 0 fully saturated rings. The quantitative estimate of drug-likeness (QED) is 0.810. The van der Waals surface area contributed by atoms with E-state index in [1.54, 1.807) is 18.2 Å². The van der Waals surface area contributed by atoms with Gasteiger partial charge in [0.25, 0.3) is 0 Å². The molecule has 1 nitrogen and oxygen atoms in total. The van der Waals surface area contributed by atoms with Gasteiger partial charge in [-0.15, -0.1) is 11.3 Å². The van der Waals surface area contributed by atoms with Crippen molar-refractivity contribution in [3.8, 4) is 0 Å². The van der Waals surface area contributed by atoms with Crippen molar-refractivity contribution in [2.24, 2.45) is 0 Å². The zero-order chi connectivity index (χ0) is 13.8. The van der Waals surface area contributed by atoms with Crippen LogP contribution >= 0.6 is 34.5 Å². The second-order valence-electron chi connectivity index (χ2n) is 4.16. The van der Waals surface area contributed by atoms with Crippen LogP contribution in [0.25, 0.3) is 0 Å². The van der Waals surface area contributed by atoms with E-state index in [0.717, 1.165) is 15.8 Å². The molecule has 0 aliphatic rings. The van der Waals surface area contributed by atoms with Crippen LogP contribution in [0.2, 0.25) is 9.36 Å². The molecule has 0 radical (unpaired) electrons. The lowest BCUT2D eigenvalue weighted by molar-refractivity contribution is 0.512. The number of nitrogens with one attached hydrogen (secondary N) is 1. The molecule has 19 heavy (non-hydrogen) atoms. The predicted octanol–water partition coefficient (Wildman–Crippen LogP) is 5.09. The standard InChI is InChI=1S/C14H14Cl2FNS/c1-2-18-12(8-9-6-7-13(16)19-9)10-4-3-5-11(15)14(10)17/h3-7,12,18H,2,8H2,1H3. The Kier molecular flexibility index (Phi) is 5.22. The zero-order valence-electron chi connectivity index (χ0n) is 10.4. The third-order valence-corrected chi connectivity index (χ3v) is 4.39. The molecule has 0 aliphatic heterocycles. The van der Waals surface area contributed by atoms with E-state index in [1.165, 1.54) is 11.3 Å². The highest BCUT2D eigenvalue weighted by Gasteiger charge is 2.17. The first-order chi connectivity index (χ1) is 9.11.